The van der Waals surface area contributed by atoms with Crippen molar-refractivity contribution < 1.29 is 5.11 Å². The quantitative estimate of drug-likeness (QED) is 0.839. The molecule has 1 aliphatic carbocycles. The van der Waals surface area contributed by atoms with Gasteiger partial charge in [0.25, 0.3) is 0 Å². The van der Waals surface area contributed by atoms with Crippen LogP contribution in [0.25, 0.3) is 10.9 Å². The smallest absolute Gasteiger partial charge is 0.0705 e. The summed E-state index contributed by atoms with van der Waals surface area (Å²) in [6, 6.07) is 12.3. The summed E-state index contributed by atoms with van der Waals surface area (Å²) >= 11 is 0. The first-order chi connectivity index (χ1) is 8.31. The third-order valence-electron chi connectivity index (χ3n) is 3.46. The van der Waals surface area contributed by atoms with Gasteiger partial charge in [-0.05, 0) is 25.0 Å². The van der Waals surface area contributed by atoms with Crippen molar-refractivity contribution in [3.63, 3.8) is 0 Å². The summed E-state index contributed by atoms with van der Waals surface area (Å²) in [6.07, 6.45) is 2.13. The maximum absolute atomic E-state index is 9.22. The van der Waals surface area contributed by atoms with Crippen LogP contribution in [-0.4, -0.2) is 22.2 Å². The van der Waals surface area contributed by atoms with Gasteiger partial charge >= 0.3 is 0 Å². The predicted molar refractivity (Wildman–Crippen MR) is 67.6 cm³/mol. The number of hydrogen-bond acceptors (Lipinski definition) is 3. The Balaban J connectivity index is 1.77. The lowest BCUT2D eigenvalue weighted by Gasteiger charge is -2.13. The fourth-order valence-corrected chi connectivity index (χ4v) is 2.03. The summed E-state index contributed by atoms with van der Waals surface area (Å²) in [6.45, 7) is 0.950. The molecular weight excluding hydrogens is 212 g/mol. The zero-order valence-electron chi connectivity index (χ0n) is 9.69. The number of aliphatic hydroxyl groups excluding tert-OH is 1. The fourth-order valence-electron chi connectivity index (χ4n) is 2.03. The Morgan fingerprint density at radius 1 is 1.18 bits per heavy atom. The average molecular weight is 228 g/mol. The number of rotatable bonds is 4. The van der Waals surface area contributed by atoms with Crippen LogP contribution in [0, 0.1) is 0 Å². The molecule has 0 unspecified atom stereocenters. The number of nitrogens with one attached hydrogen (secondary N) is 1. The summed E-state index contributed by atoms with van der Waals surface area (Å²) < 4.78 is 0. The largest absolute Gasteiger partial charge is 0.394 e. The predicted octanol–water partition coefficient (Wildman–Crippen LogP) is 1.85. The highest BCUT2D eigenvalue weighted by atomic mass is 16.3. The highest BCUT2D eigenvalue weighted by molar-refractivity contribution is 5.78. The first-order valence-corrected chi connectivity index (χ1v) is 6.02. The second-order valence-corrected chi connectivity index (χ2v) is 4.79. The molecule has 0 radical (unpaired) electrons. The molecule has 1 saturated carbocycles. The van der Waals surface area contributed by atoms with Crippen LogP contribution in [0.15, 0.2) is 36.4 Å². The number of pyridine rings is 1. The molecule has 2 N–H and O–H groups in total. The van der Waals surface area contributed by atoms with E-state index in [2.05, 4.69) is 22.4 Å². The molecule has 3 heteroatoms. The molecule has 0 amide bonds. The van der Waals surface area contributed by atoms with Crippen LogP contribution in [0.5, 0.6) is 0 Å². The molecule has 0 spiro atoms. The van der Waals surface area contributed by atoms with Gasteiger partial charge in [-0.1, -0.05) is 24.3 Å². The molecule has 1 aliphatic rings. The Labute approximate surface area is 100 Å². The standard InChI is InChI=1S/C14H16N2O/c17-10-14(7-8-14)15-9-12-6-5-11-3-1-2-4-13(11)16-12/h1-6,15,17H,7-10H2. The van der Waals surface area contributed by atoms with E-state index in [0.29, 0.717) is 0 Å². The molecule has 0 atom stereocenters. The Morgan fingerprint density at radius 2 is 2.00 bits per heavy atom. The monoisotopic (exact) mass is 228 g/mol. The minimum Gasteiger partial charge on any atom is -0.394 e. The van der Waals surface area contributed by atoms with Crippen molar-refractivity contribution in [2.24, 2.45) is 0 Å². The molecule has 2 aromatic rings. The van der Waals surface area contributed by atoms with E-state index >= 15 is 0 Å². The van der Waals surface area contributed by atoms with Crippen LogP contribution < -0.4 is 5.32 Å². The number of aliphatic hydroxyl groups is 1. The van der Waals surface area contributed by atoms with Gasteiger partial charge in [-0.3, -0.25) is 4.98 Å². The van der Waals surface area contributed by atoms with Crippen molar-refractivity contribution in [1.29, 1.82) is 0 Å². The number of benzene rings is 1. The van der Waals surface area contributed by atoms with E-state index in [-0.39, 0.29) is 12.1 Å². The van der Waals surface area contributed by atoms with Gasteiger partial charge in [0.2, 0.25) is 0 Å². The Morgan fingerprint density at radius 3 is 2.76 bits per heavy atom. The number of para-hydroxylation sites is 1. The Kier molecular flexibility index (Phi) is 2.57. The first kappa shape index (κ1) is 10.7. The van der Waals surface area contributed by atoms with Gasteiger partial charge in [-0.15, -0.1) is 0 Å². The molecule has 1 aromatic heterocycles. The molecule has 88 valence electrons. The summed E-state index contributed by atoms with van der Waals surface area (Å²) in [4.78, 5) is 4.60. The minimum atomic E-state index is -0.0205. The van der Waals surface area contributed by atoms with Gasteiger partial charge < -0.3 is 10.4 Å². The van der Waals surface area contributed by atoms with E-state index < -0.39 is 0 Å². The van der Waals surface area contributed by atoms with E-state index in [0.717, 1.165) is 30.6 Å². The Bertz CT molecular complexity index is 534. The molecule has 3 nitrogen and oxygen atoms in total. The van der Waals surface area contributed by atoms with E-state index in [4.69, 9.17) is 0 Å². The normalized spacial score (nSPS) is 17.2. The summed E-state index contributed by atoms with van der Waals surface area (Å²) in [7, 11) is 0. The molecule has 17 heavy (non-hydrogen) atoms. The molecular formula is C14H16N2O. The third-order valence-corrected chi connectivity index (χ3v) is 3.46. The molecule has 0 bridgehead atoms. The van der Waals surface area contributed by atoms with E-state index in [9.17, 15) is 5.11 Å². The van der Waals surface area contributed by atoms with Crippen molar-refractivity contribution in [2.75, 3.05) is 6.61 Å². The van der Waals surface area contributed by atoms with Gasteiger partial charge in [0, 0.05) is 17.5 Å². The molecule has 1 heterocycles. The highest BCUT2D eigenvalue weighted by Gasteiger charge is 2.41. The topological polar surface area (TPSA) is 45.1 Å². The zero-order valence-corrected chi connectivity index (χ0v) is 9.69. The molecule has 1 aromatic carbocycles. The van der Waals surface area contributed by atoms with Crippen molar-refractivity contribution in [3.05, 3.63) is 42.1 Å². The van der Waals surface area contributed by atoms with Gasteiger partial charge in [0.15, 0.2) is 0 Å². The summed E-state index contributed by atoms with van der Waals surface area (Å²) in [5.74, 6) is 0. The molecule has 0 saturated heterocycles. The highest BCUT2D eigenvalue weighted by Crippen LogP contribution is 2.34. The van der Waals surface area contributed by atoms with Crippen LogP contribution in [-0.2, 0) is 6.54 Å². The van der Waals surface area contributed by atoms with Gasteiger partial charge in [-0.2, -0.15) is 0 Å². The lowest BCUT2D eigenvalue weighted by molar-refractivity contribution is 0.229. The molecule has 3 rings (SSSR count). The lowest BCUT2D eigenvalue weighted by atomic mass is 10.2. The fraction of sp³-hybridized carbons (Fsp3) is 0.357. The SMILES string of the molecule is OCC1(NCc2ccc3ccccc3n2)CC1. The van der Waals surface area contributed by atoms with E-state index in [1.165, 1.54) is 5.39 Å². The first-order valence-electron chi connectivity index (χ1n) is 6.02. The second-order valence-electron chi connectivity index (χ2n) is 4.79. The summed E-state index contributed by atoms with van der Waals surface area (Å²) in [5, 5.41) is 13.8. The molecule has 0 aliphatic heterocycles. The number of aromatic nitrogens is 1. The van der Waals surface area contributed by atoms with Crippen molar-refractivity contribution in [3.8, 4) is 0 Å². The van der Waals surface area contributed by atoms with Crippen LogP contribution in [0.2, 0.25) is 0 Å². The number of hydrogen-bond donors (Lipinski definition) is 2. The van der Waals surface area contributed by atoms with Gasteiger partial charge in [0.1, 0.15) is 0 Å². The maximum Gasteiger partial charge on any atom is 0.0705 e. The molecule has 1 fully saturated rings. The Hall–Kier alpha value is -1.45. The maximum atomic E-state index is 9.22. The van der Waals surface area contributed by atoms with Crippen LogP contribution in [0.1, 0.15) is 18.5 Å². The van der Waals surface area contributed by atoms with Crippen LogP contribution in [0.4, 0.5) is 0 Å². The van der Waals surface area contributed by atoms with Crippen LogP contribution in [0.3, 0.4) is 0 Å². The minimum absolute atomic E-state index is 0.0205. The average Bonchev–Trinajstić information content (AvgIpc) is 3.17. The van der Waals surface area contributed by atoms with E-state index in [1.807, 2.05) is 24.3 Å². The summed E-state index contributed by atoms with van der Waals surface area (Å²) in [5.41, 5.74) is 2.04. The number of fused-ring (bicyclic) bond motifs is 1. The lowest BCUT2D eigenvalue weighted by Crippen LogP contribution is -2.34. The van der Waals surface area contributed by atoms with Gasteiger partial charge in [-0.25, -0.2) is 0 Å². The van der Waals surface area contributed by atoms with Crippen LogP contribution >= 0.6 is 0 Å². The van der Waals surface area contributed by atoms with Crippen molar-refractivity contribution in [2.45, 2.75) is 24.9 Å². The van der Waals surface area contributed by atoms with Crippen molar-refractivity contribution in [1.82, 2.24) is 10.3 Å². The zero-order chi connectivity index (χ0) is 11.7. The third kappa shape index (κ3) is 2.16. The van der Waals surface area contributed by atoms with Gasteiger partial charge in [0.05, 0.1) is 17.8 Å². The van der Waals surface area contributed by atoms with E-state index in [1.54, 1.807) is 0 Å². The second kappa shape index (κ2) is 4.09. The number of nitrogens with zero attached hydrogens (tertiary/aromatic N) is 1. The van der Waals surface area contributed by atoms with Crippen molar-refractivity contribution >= 4 is 10.9 Å².